The van der Waals surface area contributed by atoms with Crippen LogP contribution in [0.25, 0.3) is 27.7 Å². The average molecular weight is 472 g/mol. The Bertz CT molecular complexity index is 1330. The van der Waals surface area contributed by atoms with Gasteiger partial charge in [0.25, 0.3) is 0 Å². The van der Waals surface area contributed by atoms with E-state index < -0.39 is 6.03 Å². The maximum atomic E-state index is 11.7. The van der Waals surface area contributed by atoms with Gasteiger partial charge in [-0.1, -0.05) is 51.1 Å². The Labute approximate surface area is 208 Å². The fraction of sp³-hybridized carbons (Fsp3) is 0.379. The highest BCUT2D eigenvalue weighted by atomic mass is 16.2. The number of hydrogen-bond acceptors (Lipinski definition) is 3. The first-order valence-electron chi connectivity index (χ1n) is 12.5. The van der Waals surface area contributed by atoms with Crippen LogP contribution in [0.1, 0.15) is 57.1 Å². The van der Waals surface area contributed by atoms with Crippen molar-refractivity contribution in [1.82, 2.24) is 9.47 Å². The number of allylic oxidation sites excluding steroid dienone is 1. The van der Waals surface area contributed by atoms with Gasteiger partial charge in [-0.2, -0.15) is 0 Å². The standard InChI is InChI=1S/C29H37N5O/c1-19(2)25-15-21(18-33-13-7-6-8-14-33)9-11-24(25)22-10-12-27-23(16-22)17-26(32-29(30)35)28(31-5)34(27)20(3)4/h9-12,15-17,19H,3,6-8,13-14,18H2,1-2,4-5H3,(H3,30,32,35). The molecule has 0 bridgehead atoms. The number of aromatic nitrogens is 1. The Balaban J connectivity index is 1.82. The molecule has 1 aliphatic rings. The van der Waals surface area contributed by atoms with Gasteiger partial charge < -0.3 is 11.1 Å². The Morgan fingerprint density at radius 1 is 1.11 bits per heavy atom. The number of nitrogens with two attached hydrogens (primary N) is 1. The molecule has 1 aromatic heterocycles. The SMILES string of the molecule is C=C(C)n1c(=NC)c(NC(N)=O)cc2cc(-c3ccc(CN4CCCCC4)cc3C(C)C)ccc21. The van der Waals surface area contributed by atoms with E-state index >= 15 is 0 Å². The van der Waals surface area contributed by atoms with Crippen molar-refractivity contribution in [3.63, 3.8) is 0 Å². The van der Waals surface area contributed by atoms with Crippen molar-refractivity contribution in [2.24, 2.45) is 10.7 Å². The Hall–Kier alpha value is -3.38. The molecule has 0 aliphatic carbocycles. The molecule has 0 radical (unpaired) electrons. The van der Waals surface area contributed by atoms with E-state index in [0.717, 1.165) is 28.7 Å². The molecule has 35 heavy (non-hydrogen) atoms. The number of amides is 2. The number of piperidine rings is 1. The molecule has 1 saturated heterocycles. The van der Waals surface area contributed by atoms with E-state index in [-0.39, 0.29) is 0 Å². The minimum Gasteiger partial charge on any atom is -0.351 e. The maximum absolute atomic E-state index is 11.7. The quantitative estimate of drug-likeness (QED) is 0.467. The summed E-state index contributed by atoms with van der Waals surface area (Å²) in [7, 11) is 1.70. The third kappa shape index (κ3) is 5.33. The third-order valence-electron chi connectivity index (χ3n) is 6.78. The predicted octanol–water partition coefficient (Wildman–Crippen LogP) is 5.93. The average Bonchev–Trinajstić information content (AvgIpc) is 2.83. The number of nitrogens with zero attached hydrogens (tertiary/aromatic N) is 3. The summed E-state index contributed by atoms with van der Waals surface area (Å²) in [6.45, 7) is 14.0. The second-order valence-corrected chi connectivity index (χ2v) is 9.85. The lowest BCUT2D eigenvalue weighted by atomic mass is 9.90. The van der Waals surface area contributed by atoms with Gasteiger partial charge in [-0.15, -0.1) is 0 Å². The van der Waals surface area contributed by atoms with Crippen LogP contribution in [0, 0.1) is 0 Å². The van der Waals surface area contributed by atoms with E-state index in [9.17, 15) is 4.79 Å². The van der Waals surface area contributed by atoms with Crippen LogP contribution < -0.4 is 16.5 Å². The van der Waals surface area contributed by atoms with E-state index in [2.05, 4.69) is 72.0 Å². The lowest BCUT2D eigenvalue weighted by Gasteiger charge is -2.27. The highest BCUT2D eigenvalue weighted by Crippen LogP contribution is 2.33. The van der Waals surface area contributed by atoms with Crippen LogP contribution in [0.4, 0.5) is 10.5 Å². The zero-order chi connectivity index (χ0) is 25.1. The molecule has 0 atom stereocenters. The van der Waals surface area contributed by atoms with Crippen LogP contribution in [-0.4, -0.2) is 35.6 Å². The molecule has 2 aromatic carbocycles. The number of benzene rings is 2. The zero-order valence-corrected chi connectivity index (χ0v) is 21.4. The number of anilines is 1. The van der Waals surface area contributed by atoms with E-state index in [4.69, 9.17) is 5.73 Å². The summed E-state index contributed by atoms with van der Waals surface area (Å²) in [5.41, 5.74) is 13.5. The van der Waals surface area contributed by atoms with Crippen LogP contribution in [0.15, 0.2) is 54.0 Å². The molecule has 4 rings (SSSR count). The first-order valence-corrected chi connectivity index (χ1v) is 12.5. The van der Waals surface area contributed by atoms with Crippen molar-refractivity contribution < 1.29 is 4.79 Å². The second kappa shape index (κ2) is 10.5. The molecular formula is C29H37N5O. The first-order chi connectivity index (χ1) is 16.8. The first kappa shape index (κ1) is 24.7. The van der Waals surface area contributed by atoms with Crippen molar-refractivity contribution in [2.45, 2.75) is 52.5 Å². The largest absolute Gasteiger partial charge is 0.351 e. The second-order valence-electron chi connectivity index (χ2n) is 9.85. The number of carbonyl (C=O) groups excluding carboxylic acids is 1. The summed E-state index contributed by atoms with van der Waals surface area (Å²) in [6.07, 6.45) is 3.95. The highest BCUT2D eigenvalue weighted by Gasteiger charge is 2.16. The molecule has 0 saturated carbocycles. The van der Waals surface area contributed by atoms with Crippen molar-refractivity contribution in [3.8, 4) is 11.1 Å². The van der Waals surface area contributed by atoms with Crippen LogP contribution in [0.2, 0.25) is 0 Å². The van der Waals surface area contributed by atoms with Crippen molar-refractivity contribution >= 4 is 28.3 Å². The number of rotatable bonds is 6. The van der Waals surface area contributed by atoms with Crippen LogP contribution in [0.3, 0.4) is 0 Å². The van der Waals surface area contributed by atoms with Crippen LogP contribution >= 0.6 is 0 Å². The molecule has 1 fully saturated rings. The van der Waals surface area contributed by atoms with Gasteiger partial charge in [0.05, 0.1) is 11.2 Å². The minimum atomic E-state index is -0.620. The number of urea groups is 1. The van der Waals surface area contributed by atoms with Gasteiger partial charge in [-0.3, -0.25) is 14.5 Å². The molecule has 3 N–H and O–H groups in total. The van der Waals surface area contributed by atoms with Gasteiger partial charge in [0, 0.05) is 24.7 Å². The monoisotopic (exact) mass is 471 g/mol. The van der Waals surface area contributed by atoms with E-state index in [1.165, 1.54) is 49.0 Å². The maximum Gasteiger partial charge on any atom is 0.316 e. The molecule has 1 aliphatic heterocycles. The molecule has 2 amide bonds. The zero-order valence-electron chi connectivity index (χ0n) is 21.4. The van der Waals surface area contributed by atoms with Crippen molar-refractivity contribution in [2.75, 3.05) is 25.5 Å². The summed E-state index contributed by atoms with van der Waals surface area (Å²) in [5, 5.41) is 3.71. The lowest BCUT2D eigenvalue weighted by Crippen LogP contribution is -2.29. The minimum absolute atomic E-state index is 0.399. The van der Waals surface area contributed by atoms with E-state index in [1.807, 2.05) is 17.6 Å². The topological polar surface area (TPSA) is 75.6 Å². The molecule has 6 heteroatoms. The normalized spacial score (nSPS) is 15.1. The van der Waals surface area contributed by atoms with Gasteiger partial charge in [0.1, 0.15) is 0 Å². The Morgan fingerprint density at radius 2 is 1.86 bits per heavy atom. The summed E-state index contributed by atoms with van der Waals surface area (Å²) in [6, 6.07) is 14.7. The molecule has 0 unspecified atom stereocenters. The van der Waals surface area contributed by atoms with Gasteiger partial charge in [0.2, 0.25) is 0 Å². The van der Waals surface area contributed by atoms with Crippen molar-refractivity contribution in [1.29, 1.82) is 0 Å². The summed E-state index contributed by atoms with van der Waals surface area (Å²) >= 11 is 0. The highest BCUT2D eigenvalue weighted by molar-refractivity contribution is 5.94. The van der Waals surface area contributed by atoms with Crippen molar-refractivity contribution in [3.05, 3.63) is 65.7 Å². The summed E-state index contributed by atoms with van der Waals surface area (Å²) in [4.78, 5) is 18.6. The number of hydrogen-bond donors (Lipinski definition) is 2. The number of nitrogens with one attached hydrogen (secondary N) is 1. The Morgan fingerprint density at radius 3 is 2.49 bits per heavy atom. The molecule has 184 valence electrons. The number of carbonyl (C=O) groups is 1. The molecule has 3 aromatic rings. The summed E-state index contributed by atoms with van der Waals surface area (Å²) in [5.74, 6) is 0.399. The third-order valence-corrected chi connectivity index (χ3v) is 6.78. The van der Waals surface area contributed by atoms with Gasteiger partial charge >= 0.3 is 6.03 Å². The lowest BCUT2D eigenvalue weighted by molar-refractivity contribution is 0.221. The van der Waals surface area contributed by atoms with E-state index in [1.54, 1.807) is 7.05 Å². The van der Waals surface area contributed by atoms with E-state index in [0.29, 0.717) is 17.1 Å². The molecule has 2 heterocycles. The van der Waals surface area contributed by atoms with Gasteiger partial charge in [0.15, 0.2) is 5.49 Å². The number of likely N-dealkylation sites (tertiary alicyclic amines) is 1. The number of pyridine rings is 1. The molecule has 0 spiro atoms. The Kier molecular flexibility index (Phi) is 7.41. The summed E-state index contributed by atoms with van der Waals surface area (Å²) < 4.78 is 1.95. The fourth-order valence-corrected chi connectivity index (χ4v) is 5.15. The predicted molar refractivity (Wildman–Crippen MR) is 146 cm³/mol. The van der Waals surface area contributed by atoms with Gasteiger partial charge in [-0.25, -0.2) is 4.79 Å². The fourth-order valence-electron chi connectivity index (χ4n) is 5.15. The number of primary amides is 1. The smallest absolute Gasteiger partial charge is 0.316 e. The van der Waals surface area contributed by atoms with Crippen LogP contribution in [0.5, 0.6) is 0 Å². The van der Waals surface area contributed by atoms with Crippen LogP contribution in [-0.2, 0) is 6.54 Å². The number of fused-ring (bicyclic) bond motifs is 1. The molecule has 6 nitrogen and oxygen atoms in total. The molecular weight excluding hydrogens is 434 g/mol. The van der Waals surface area contributed by atoms with Gasteiger partial charge in [-0.05, 0) is 79.2 Å².